The second-order valence-corrected chi connectivity index (χ2v) is 6.95. The summed E-state index contributed by atoms with van der Waals surface area (Å²) in [5.41, 5.74) is 0.521. The largest absolute Gasteiger partial charge is 0.313 e. The lowest BCUT2D eigenvalue weighted by molar-refractivity contribution is 0.245. The first-order valence-electron chi connectivity index (χ1n) is 7.54. The van der Waals surface area contributed by atoms with Gasteiger partial charge in [0.1, 0.15) is 0 Å². The molecule has 0 radical (unpaired) electrons. The number of hydrogen-bond donors (Lipinski definition) is 1. The van der Waals surface area contributed by atoms with Crippen LogP contribution in [0.4, 0.5) is 0 Å². The van der Waals surface area contributed by atoms with Crippen molar-refractivity contribution >= 4 is 0 Å². The number of hydrogen-bond acceptors (Lipinski definition) is 2. The topological polar surface area (TPSA) is 15.3 Å². The van der Waals surface area contributed by atoms with Gasteiger partial charge in [-0.25, -0.2) is 0 Å². The van der Waals surface area contributed by atoms with Gasteiger partial charge in [0.2, 0.25) is 0 Å². The highest BCUT2D eigenvalue weighted by atomic mass is 15.1. The van der Waals surface area contributed by atoms with Gasteiger partial charge in [-0.05, 0) is 56.7 Å². The summed E-state index contributed by atoms with van der Waals surface area (Å²) in [7, 11) is 0. The molecule has 1 saturated carbocycles. The zero-order valence-electron chi connectivity index (χ0n) is 12.0. The van der Waals surface area contributed by atoms with Gasteiger partial charge in [-0.15, -0.1) is 0 Å². The lowest BCUT2D eigenvalue weighted by atomic mass is 9.87. The van der Waals surface area contributed by atoms with Crippen LogP contribution in [0.2, 0.25) is 0 Å². The fourth-order valence-corrected chi connectivity index (χ4v) is 3.52. The Bertz CT molecular complexity index is 231. The predicted octanol–water partition coefficient (Wildman–Crippen LogP) is 2.89. The lowest BCUT2D eigenvalue weighted by Gasteiger charge is -2.30. The Balaban J connectivity index is 1.67. The first-order valence-corrected chi connectivity index (χ1v) is 7.54. The van der Waals surface area contributed by atoms with Crippen LogP contribution in [-0.2, 0) is 0 Å². The molecule has 0 aromatic heterocycles. The Morgan fingerprint density at radius 2 is 1.94 bits per heavy atom. The maximum absolute atomic E-state index is 3.82. The highest BCUT2D eigenvalue weighted by Crippen LogP contribution is 2.37. The number of nitrogens with zero attached hydrogens (tertiary/aromatic N) is 1. The Kier molecular flexibility index (Phi) is 4.48. The van der Waals surface area contributed by atoms with Crippen molar-refractivity contribution in [1.29, 1.82) is 0 Å². The number of rotatable bonds is 5. The molecule has 0 aromatic rings. The molecule has 1 aliphatic heterocycles. The first kappa shape index (κ1) is 13.4. The third-order valence-corrected chi connectivity index (χ3v) is 4.74. The van der Waals surface area contributed by atoms with Crippen molar-refractivity contribution in [3.8, 4) is 0 Å². The zero-order valence-corrected chi connectivity index (χ0v) is 12.0. The van der Waals surface area contributed by atoms with E-state index in [1.807, 2.05) is 0 Å². The van der Waals surface area contributed by atoms with E-state index in [2.05, 4.69) is 31.0 Å². The van der Waals surface area contributed by atoms with Crippen molar-refractivity contribution in [2.75, 3.05) is 26.2 Å². The highest BCUT2D eigenvalue weighted by molar-refractivity contribution is 4.90. The third kappa shape index (κ3) is 3.69. The van der Waals surface area contributed by atoms with Crippen LogP contribution in [-0.4, -0.2) is 37.1 Å². The molecule has 0 spiro atoms. The van der Waals surface area contributed by atoms with Gasteiger partial charge >= 0.3 is 0 Å². The van der Waals surface area contributed by atoms with Gasteiger partial charge in [0.25, 0.3) is 0 Å². The summed E-state index contributed by atoms with van der Waals surface area (Å²) < 4.78 is 0. The van der Waals surface area contributed by atoms with E-state index >= 15 is 0 Å². The number of nitrogens with one attached hydrogen (secondary N) is 1. The molecule has 2 fully saturated rings. The van der Waals surface area contributed by atoms with Gasteiger partial charge in [0.05, 0.1) is 0 Å². The molecule has 2 unspecified atom stereocenters. The first-order chi connectivity index (χ1) is 8.08. The van der Waals surface area contributed by atoms with Crippen molar-refractivity contribution in [2.45, 2.75) is 58.9 Å². The van der Waals surface area contributed by atoms with Gasteiger partial charge in [-0.2, -0.15) is 0 Å². The second-order valence-electron chi connectivity index (χ2n) is 6.95. The van der Waals surface area contributed by atoms with E-state index in [1.54, 1.807) is 0 Å². The minimum Gasteiger partial charge on any atom is -0.313 e. The van der Waals surface area contributed by atoms with Crippen molar-refractivity contribution in [3.05, 3.63) is 0 Å². The summed E-state index contributed by atoms with van der Waals surface area (Å²) in [6.45, 7) is 12.4. The molecule has 2 nitrogen and oxygen atoms in total. The standard InChI is InChI=1S/C15H30N2/c1-13(12-17-9-4-5-10-17)11-16-14-7-6-8-15(14,2)3/h13-14,16H,4-12H2,1-3H3. The van der Waals surface area contributed by atoms with Crippen molar-refractivity contribution in [3.63, 3.8) is 0 Å². The van der Waals surface area contributed by atoms with Crippen LogP contribution in [0, 0.1) is 11.3 Å². The van der Waals surface area contributed by atoms with Crippen LogP contribution < -0.4 is 5.32 Å². The fourth-order valence-electron chi connectivity index (χ4n) is 3.52. The van der Waals surface area contributed by atoms with E-state index in [-0.39, 0.29) is 0 Å². The molecule has 0 amide bonds. The minimum atomic E-state index is 0.521. The van der Waals surface area contributed by atoms with Crippen LogP contribution in [0.1, 0.15) is 52.9 Å². The molecular formula is C15H30N2. The normalized spacial score (nSPS) is 30.9. The van der Waals surface area contributed by atoms with Crippen LogP contribution in [0.25, 0.3) is 0 Å². The van der Waals surface area contributed by atoms with Crippen molar-refractivity contribution in [1.82, 2.24) is 10.2 Å². The number of likely N-dealkylation sites (tertiary alicyclic amines) is 1. The van der Waals surface area contributed by atoms with Gasteiger partial charge in [-0.3, -0.25) is 0 Å². The molecule has 2 rings (SSSR count). The zero-order chi connectivity index (χ0) is 12.3. The summed E-state index contributed by atoms with van der Waals surface area (Å²) in [5.74, 6) is 0.796. The van der Waals surface area contributed by atoms with Crippen LogP contribution in [0.15, 0.2) is 0 Å². The average molecular weight is 238 g/mol. The maximum Gasteiger partial charge on any atom is 0.0118 e. The quantitative estimate of drug-likeness (QED) is 0.792. The van der Waals surface area contributed by atoms with Crippen LogP contribution in [0.5, 0.6) is 0 Å². The van der Waals surface area contributed by atoms with Gasteiger partial charge < -0.3 is 10.2 Å². The van der Waals surface area contributed by atoms with Crippen molar-refractivity contribution in [2.24, 2.45) is 11.3 Å². The van der Waals surface area contributed by atoms with E-state index in [0.717, 1.165) is 12.0 Å². The molecule has 2 aliphatic rings. The summed E-state index contributed by atoms with van der Waals surface area (Å²) in [5, 5.41) is 3.82. The maximum atomic E-state index is 3.82. The van der Waals surface area contributed by atoms with E-state index in [0.29, 0.717) is 5.41 Å². The monoisotopic (exact) mass is 238 g/mol. The molecule has 1 aliphatic carbocycles. The average Bonchev–Trinajstić information content (AvgIpc) is 2.85. The third-order valence-electron chi connectivity index (χ3n) is 4.74. The summed E-state index contributed by atoms with van der Waals surface area (Å²) >= 11 is 0. The Morgan fingerprint density at radius 1 is 1.24 bits per heavy atom. The Labute approximate surface area is 107 Å². The second kappa shape index (κ2) is 5.71. The molecular weight excluding hydrogens is 208 g/mol. The smallest absolute Gasteiger partial charge is 0.0118 e. The van der Waals surface area contributed by atoms with Gasteiger partial charge in [-0.1, -0.05) is 27.2 Å². The van der Waals surface area contributed by atoms with E-state index < -0.39 is 0 Å². The van der Waals surface area contributed by atoms with Gasteiger partial charge in [0.15, 0.2) is 0 Å². The fraction of sp³-hybridized carbons (Fsp3) is 1.00. The Hall–Kier alpha value is -0.0800. The molecule has 0 aromatic carbocycles. The molecule has 17 heavy (non-hydrogen) atoms. The summed E-state index contributed by atoms with van der Waals surface area (Å²) in [4.78, 5) is 2.63. The molecule has 1 heterocycles. The van der Waals surface area contributed by atoms with E-state index in [4.69, 9.17) is 0 Å². The molecule has 0 bridgehead atoms. The predicted molar refractivity (Wildman–Crippen MR) is 74.3 cm³/mol. The molecule has 1 N–H and O–H groups in total. The van der Waals surface area contributed by atoms with E-state index in [1.165, 1.54) is 58.3 Å². The van der Waals surface area contributed by atoms with Gasteiger partial charge in [0, 0.05) is 12.6 Å². The minimum absolute atomic E-state index is 0.521. The van der Waals surface area contributed by atoms with Crippen LogP contribution >= 0.6 is 0 Å². The molecule has 2 heteroatoms. The molecule has 1 saturated heterocycles. The summed E-state index contributed by atoms with van der Waals surface area (Å²) in [6, 6.07) is 0.753. The molecule has 2 atom stereocenters. The van der Waals surface area contributed by atoms with E-state index in [9.17, 15) is 0 Å². The van der Waals surface area contributed by atoms with Crippen molar-refractivity contribution < 1.29 is 0 Å². The molecule has 100 valence electrons. The highest BCUT2D eigenvalue weighted by Gasteiger charge is 2.34. The SMILES string of the molecule is CC(CNC1CCCC1(C)C)CN1CCCC1. The Morgan fingerprint density at radius 3 is 2.53 bits per heavy atom. The lowest BCUT2D eigenvalue weighted by Crippen LogP contribution is -2.41. The summed E-state index contributed by atoms with van der Waals surface area (Å²) in [6.07, 6.45) is 7.01. The van der Waals surface area contributed by atoms with Crippen LogP contribution in [0.3, 0.4) is 0 Å².